The first kappa shape index (κ1) is 13.9. The van der Waals surface area contributed by atoms with Gasteiger partial charge in [-0.1, -0.05) is 27.2 Å². The molecule has 1 amide bonds. The third-order valence-corrected chi connectivity index (χ3v) is 4.49. The molecule has 2 fully saturated rings. The van der Waals surface area contributed by atoms with Gasteiger partial charge in [-0.3, -0.25) is 4.79 Å². The molecule has 2 aliphatic rings. The second kappa shape index (κ2) is 5.60. The maximum Gasteiger partial charge on any atom is 0.224 e. The third kappa shape index (κ3) is 3.71. The van der Waals surface area contributed by atoms with E-state index in [9.17, 15) is 4.79 Å². The number of carbonyl (C=O) groups is 1. The van der Waals surface area contributed by atoms with Crippen LogP contribution >= 0.6 is 0 Å². The minimum Gasteiger partial charge on any atom is -0.353 e. The first-order valence-corrected chi connectivity index (χ1v) is 7.47. The maximum absolute atomic E-state index is 12.3. The molecular formula is C15H28N2O. The number of rotatable bonds is 2. The molecule has 0 bridgehead atoms. The fourth-order valence-corrected chi connectivity index (χ4v) is 3.50. The Balaban J connectivity index is 1.83. The van der Waals surface area contributed by atoms with E-state index in [0.717, 1.165) is 32.4 Å². The predicted octanol–water partition coefficient (Wildman–Crippen LogP) is 2.32. The fourth-order valence-electron chi connectivity index (χ4n) is 3.50. The molecule has 1 aliphatic heterocycles. The van der Waals surface area contributed by atoms with Gasteiger partial charge >= 0.3 is 0 Å². The average Bonchev–Trinajstić information content (AvgIpc) is 2.27. The van der Waals surface area contributed by atoms with Crippen molar-refractivity contribution in [3.05, 3.63) is 0 Å². The number of carbonyl (C=O) groups excluding carboxylic acids is 1. The summed E-state index contributed by atoms with van der Waals surface area (Å²) in [7, 11) is 0. The van der Waals surface area contributed by atoms with Gasteiger partial charge in [-0.2, -0.15) is 0 Å². The molecule has 18 heavy (non-hydrogen) atoms. The van der Waals surface area contributed by atoms with E-state index in [0.29, 0.717) is 17.4 Å². The van der Waals surface area contributed by atoms with Gasteiger partial charge < -0.3 is 10.6 Å². The molecule has 0 spiro atoms. The Morgan fingerprint density at radius 2 is 2.11 bits per heavy atom. The van der Waals surface area contributed by atoms with Crippen molar-refractivity contribution in [2.45, 2.75) is 58.9 Å². The van der Waals surface area contributed by atoms with Crippen molar-refractivity contribution in [1.29, 1.82) is 0 Å². The molecule has 0 aromatic heterocycles. The fraction of sp³-hybridized carbons (Fsp3) is 0.933. The van der Waals surface area contributed by atoms with Crippen LogP contribution in [0.4, 0.5) is 0 Å². The molecule has 0 aromatic rings. The predicted molar refractivity (Wildman–Crippen MR) is 74.3 cm³/mol. The van der Waals surface area contributed by atoms with Crippen LogP contribution in [0.3, 0.4) is 0 Å². The smallest absolute Gasteiger partial charge is 0.224 e. The van der Waals surface area contributed by atoms with E-state index in [1.165, 1.54) is 12.8 Å². The second-order valence-corrected chi connectivity index (χ2v) is 7.16. The molecule has 104 valence electrons. The summed E-state index contributed by atoms with van der Waals surface area (Å²) in [6.45, 7) is 8.76. The lowest BCUT2D eigenvalue weighted by molar-refractivity contribution is -0.127. The molecule has 1 aliphatic carbocycles. The monoisotopic (exact) mass is 252 g/mol. The molecule has 0 aromatic carbocycles. The van der Waals surface area contributed by atoms with Gasteiger partial charge in [0.2, 0.25) is 5.91 Å². The number of piperidine rings is 1. The Hall–Kier alpha value is -0.570. The molecule has 3 heteroatoms. The summed E-state index contributed by atoms with van der Waals surface area (Å²) in [5.74, 6) is 1.08. The van der Waals surface area contributed by atoms with Gasteiger partial charge in [-0.25, -0.2) is 0 Å². The molecule has 1 saturated heterocycles. The molecular weight excluding hydrogens is 224 g/mol. The van der Waals surface area contributed by atoms with E-state index in [1.807, 2.05) is 0 Å². The Bertz CT molecular complexity index is 301. The van der Waals surface area contributed by atoms with Crippen LogP contribution in [0.5, 0.6) is 0 Å². The van der Waals surface area contributed by atoms with Crippen LogP contribution in [-0.4, -0.2) is 25.0 Å². The molecule has 1 heterocycles. The Labute approximate surface area is 111 Å². The van der Waals surface area contributed by atoms with Crippen LogP contribution in [0.1, 0.15) is 52.9 Å². The van der Waals surface area contributed by atoms with Gasteiger partial charge in [0.15, 0.2) is 0 Å². The maximum atomic E-state index is 12.3. The van der Waals surface area contributed by atoms with Crippen molar-refractivity contribution < 1.29 is 4.79 Å². The summed E-state index contributed by atoms with van der Waals surface area (Å²) in [5, 5.41) is 6.64. The average molecular weight is 252 g/mol. The number of hydrogen-bond acceptors (Lipinski definition) is 2. The van der Waals surface area contributed by atoms with Gasteiger partial charge in [-0.05, 0) is 43.6 Å². The van der Waals surface area contributed by atoms with Crippen molar-refractivity contribution in [2.75, 3.05) is 13.1 Å². The van der Waals surface area contributed by atoms with E-state index >= 15 is 0 Å². The minimum atomic E-state index is 0.179. The molecule has 0 radical (unpaired) electrons. The second-order valence-electron chi connectivity index (χ2n) is 7.16. The van der Waals surface area contributed by atoms with Gasteiger partial charge in [0, 0.05) is 12.6 Å². The summed E-state index contributed by atoms with van der Waals surface area (Å²) >= 11 is 0. The highest BCUT2D eigenvalue weighted by atomic mass is 16.2. The van der Waals surface area contributed by atoms with Crippen LogP contribution in [0.25, 0.3) is 0 Å². The van der Waals surface area contributed by atoms with Gasteiger partial charge in [-0.15, -0.1) is 0 Å². The van der Waals surface area contributed by atoms with E-state index in [2.05, 4.69) is 31.4 Å². The first-order valence-electron chi connectivity index (χ1n) is 7.47. The standard InChI is InChI=1S/C15H28N2O/c1-11-7-12(10-16-9-11)14(18)17-13-5-4-6-15(2,3)8-13/h11-13,16H,4-10H2,1-3H3,(H,17,18). The topological polar surface area (TPSA) is 41.1 Å². The summed E-state index contributed by atoms with van der Waals surface area (Å²) < 4.78 is 0. The molecule has 1 saturated carbocycles. The lowest BCUT2D eigenvalue weighted by atomic mass is 9.75. The summed E-state index contributed by atoms with van der Waals surface area (Å²) in [4.78, 5) is 12.3. The molecule has 2 N–H and O–H groups in total. The Morgan fingerprint density at radius 1 is 1.33 bits per heavy atom. The van der Waals surface area contributed by atoms with Crippen molar-refractivity contribution in [3.8, 4) is 0 Å². The highest BCUT2D eigenvalue weighted by molar-refractivity contribution is 5.79. The van der Waals surface area contributed by atoms with Crippen LogP contribution in [0.15, 0.2) is 0 Å². The van der Waals surface area contributed by atoms with E-state index in [-0.39, 0.29) is 11.8 Å². The number of amides is 1. The highest BCUT2D eigenvalue weighted by Gasteiger charge is 2.31. The van der Waals surface area contributed by atoms with E-state index < -0.39 is 0 Å². The lowest BCUT2D eigenvalue weighted by Gasteiger charge is -2.36. The SMILES string of the molecule is CC1CNCC(C(=O)NC2CCCC(C)(C)C2)C1. The van der Waals surface area contributed by atoms with Crippen LogP contribution in [0, 0.1) is 17.3 Å². The summed E-state index contributed by atoms with van der Waals surface area (Å²) in [6, 6.07) is 0.401. The molecule has 2 rings (SSSR count). The zero-order valence-corrected chi connectivity index (χ0v) is 12.1. The van der Waals surface area contributed by atoms with Gasteiger partial charge in [0.05, 0.1) is 5.92 Å². The molecule has 3 atom stereocenters. The first-order chi connectivity index (χ1) is 8.46. The summed E-state index contributed by atoms with van der Waals surface area (Å²) in [5.41, 5.74) is 0.397. The van der Waals surface area contributed by atoms with Crippen LogP contribution in [0.2, 0.25) is 0 Å². The van der Waals surface area contributed by atoms with Gasteiger partial charge in [0.1, 0.15) is 0 Å². The number of hydrogen-bond donors (Lipinski definition) is 2. The highest BCUT2D eigenvalue weighted by Crippen LogP contribution is 2.35. The lowest BCUT2D eigenvalue weighted by Crippen LogP contribution is -2.48. The van der Waals surface area contributed by atoms with E-state index in [1.54, 1.807) is 0 Å². The molecule has 3 nitrogen and oxygen atoms in total. The minimum absolute atomic E-state index is 0.179. The normalized spacial score (nSPS) is 36.1. The van der Waals surface area contributed by atoms with Crippen molar-refractivity contribution in [2.24, 2.45) is 17.3 Å². The van der Waals surface area contributed by atoms with Crippen molar-refractivity contribution in [1.82, 2.24) is 10.6 Å². The Morgan fingerprint density at radius 3 is 2.78 bits per heavy atom. The Kier molecular flexibility index (Phi) is 4.31. The number of nitrogens with one attached hydrogen (secondary N) is 2. The third-order valence-electron chi connectivity index (χ3n) is 4.49. The quantitative estimate of drug-likeness (QED) is 0.792. The van der Waals surface area contributed by atoms with Crippen LogP contribution in [-0.2, 0) is 4.79 Å². The zero-order chi connectivity index (χ0) is 13.2. The van der Waals surface area contributed by atoms with Crippen LogP contribution < -0.4 is 10.6 Å². The largest absolute Gasteiger partial charge is 0.353 e. The van der Waals surface area contributed by atoms with E-state index in [4.69, 9.17) is 0 Å². The van der Waals surface area contributed by atoms with Gasteiger partial charge in [0.25, 0.3) is 0 Å². The van der Waals surface area contributed by atoms with Crippen molar-refractivity contribution in [3.63, 3.8) is 0 Å². The molecule has 3 unspecified atom stereocenters. The summed E-state index contributed by atoms with van der Waals surface area (Å²) in [6.07, 6.45) is 5.87. The van der Waals surface area contributed by atoms with Crippen molar-refractivity contribution >= 4 is 5.91 Å². The zero-order valence-electron chi connectivity index (χ0n) is 12.1.